The van der Waals surface area contributed by atoms with E-state index in [0.717, 1.165) is 28.7 Å². The van der Waals surface area contributed by atoms with E-state index in [4.69, 9.17) is 27.9 Å². The number of rotatable bonds is 3. The molecule has 8 nitrogen and oxygen atoms in total. The Hall–Kier alpha value is -2.97. The van der Waals surface area contributed by atoms with Crippen molar-refractivity contribution in [1.82, 2.24) is 19.8 Å². The van der Waals surface area contributed by atoms with E-state index in [0.29, 0.717) is 55.0 Å². The second-order valence-corrected chi connectivity index (χ2v) is 11.4. The van der Waals surface area contributed by atoms with Crippen LogP contribution in [0.5, 0.6) is 0 Å². The van der Waals surface area contributed by atoms with Crippen LogP contribution in [0.4, 0.5) is 10.5 Å². The van der Waals surface area contributed by atoms with Crippen LogP contribution in [0.25, 0.3) is 22.4 Å². The van der Waals surface area contributed by atoms with Gasteiger partial charge in [-0.15, -0.1) is 0 Å². The lowest BCUT2D eigenvalue weighted by Gasteiger charge is -2.38. The molecule has 1 N–H and O–H groups in total. The van der Waals surface area contributed by atoms with Gasteiger partial charge < -0.3 is 19.5 Å². The number of H-pyrrole nitrogens is 1. The number of benzene rings is 2. The van der Waals surface area contributed by atoms with Crippen LogP contribution >= 0.6 is 23.2 Å². The molecule has 2 fully saturated rings. The minimum Gasteiger partial charge on any atom is -0.444 e. The summed E-state index contributed by atoms with van der Waals surface area (Å²) in [6.07, 6.45) is 1.06. The molecule has 196 valence electrons. The molecule has 3 heterocycles. The lowest BCUT2D eigenvalue weighted by Crippen LogP contribution is -2.54. The Bertz CT molecular complexity index is 1330. The van der Waals surface area contributed by atoms with Crippen molar-refractivity contribution in [2.75, 3.05) is 37.6 Å². The number of aromatic amines is 1. The number of hydrogen-bond acceptors (Lipinski definition) is 5. The molecule has 0 saturated carbocycles. The van der Waals surface area contributed by atoms with E-state index < -0.39 is 17.7 Å². The molecule has 2 aliphatic heterocycles. The van der Waals surface area contributed by atoms with Crippen LogP contribution in [0, 0.1) is 0 Å². The lowest BCUT2D eigenvalue weighted by atomic mass is 10.1. The van der Waals surface area contributed by atoms with Crippen molar-refractivity contribution in [2.24, 2.45) is 0 Å². The van der Waals surface area contributed by atoms with Gasteiger partial charge >= 0.3 is 6.09 Å². The van der Waals surface area contributed by atoms with E-state index in [9.17, 15) is 9.59 Å². The van der Waals surface area contributed by atoms with Crippen molar-refractivity contribution in [3.63, 3.8) is 0 Å². The van der Waals surface area contributed by atoms with Crippen LogP contribution in [0.15, 0.2) is 36.4 Å². The Morgan fingerprint density at radius 2 is 1.78 bits per heavy atom. The number of fused-ring (bicyclic) bond motifs is 1. The molecule has 2 amide bonds. The van der Waals surface area contributed by atoms with Crippen LogP contribution in [0.2, 0.25) is 10.0 Å². The number of nitrogens with zero attached hydrogens (tertiary/aromatic N) is 4. The van der Waals surface area contributed by atoms with Crippen LogP contribution < -0.4 is 4.90 Å². The third kappa shape index (κ3) is 5.50. The van der Waals surface area contributed by atoms with E-state index in [2.05, 4.69) is 14.9 Å². The zero-order valence-corrected chi connectivity index (χ0v) is 22.8. The van der Waals surface area contributed by atoms with Crippen molar-refractivity contribution >= 4 is 51.9 Å². The van der Waals surface area contributed by atoms with Gasteiger partial charge in [0.05, 0.1) is 16.1 Å². The van der Waals surface area contributed by atoms with Crippen molar-refractivity contribution in [3.8, 4) is 11.4 Å². The summed E-state index contributed by atoms with van der Waals surface area (Å²) in [5, 5.41) is 1.23. The summed E-state index contributed by atoms with van der Waals surface area (Å²) in [7, 11) is 0. The Morgan fingerprint density at radius 3 is 2.51 bits per heavy atom. The van der Waals surface area contributed by atoms with Crippen molar-refractivity contribution in [3.05, 3.63) is 46.4 Å². The first-order valence-corrected chi connectivity index (χ1v) is 13.3. The fourth-order valence-electron chi connectivity index (χ4n) is 4.96. The number of carbonyl (C=O) groups excluding carboxylic acids is 2. The smallest absolute Gasteiger partial charge is 0.410 e. The normalized spacial score (nSPS) is 18.5. The molecule has 10 heteroatoms. The molecule has 1 aromatic heterocycles. The van der Waals surface area contributed by atoms with E-state index in [1.807, 2.05) is 62.1 Å². The minimum atomic E-state index is -0.592. The summed E-state index contributed by atoms with van der Waals surface area (Å²) in [5.74, 6) is 0.683. The van der Waals surface area contributed by atoms with Gasteiger partial charge in [-0.05, 0) is 70.0 Å². The number of nitrogens with one attached hydrogen (secondary N) is 1. The molecule has 0 spiro atoms. The summed E-state index contributed by atoms with van der Waals surface area (Å²) in [6.45, 7) is 8.59. The molecule has 2 aliphatic rings. The highest BCUT2D eigenvalue weighted by Crippen LogP contribution is 2.33. The molecule has 37 heavy (non-hydrogen) atoms. The first kappa shape index (κ1) is 25.7. The van der Waals surface area contributed by atoms with Crippen LogP contribution in [-0.2, 0) is 9.53 Å². The molecule has 0 radical (unpaired) electrons. The van der Waals surface area contributed by atoms with E-state index in [1.54, 1.807) is 4.90 Å². The molecule has 0 unspecified atom stereocenters. The van der Waals surface area contributed by atoms with E-state index >= 15 is 0 Å². The number of carbonyl (C=O) groups is 2. The van der Waals surface area contributed by atoms with Crippen LogP contribution in [0.3, 0.4) is 0 Å². The van der Waals surface area contributed by atoms with Gasteiger partial charge in [-0.3, -0.25) is 9.69 Å². The zero-order valence-electron chi connectivity index (χ0n) is 21.3. The predicted octanol–water partition coefficient (Wildman–Crippen LogP) is 5.58. The number of ether oxygens (including phenoxy) is 1. The van der Waals surface area contributed by atoms with Gasteiger partial charge in [0, 0.05) is 49.0 Å². The molecule has 1 atom stereocenters. The molecule has 5 rings (SSSR count). The fraction of sp³-hybridized carbons (Fsp3) is 0.444. The van der Waals surface area contributed by atoms with Gasteiger partial charge in [-0.1, -0.05) is 23.2 Å². The number of imidazole rings is 1. The van der Waals surface area contributed by atoms with Gasteiger partial charge in [0.2, 0.25) is 5.91 Å². The van der Waals surface area contributed by atoms with Gasteiger partial charge in [-0.2, -0.15) is 0 Å². The minimum absolute atomic E-state index is 0.000686. The standard InChI is InChI=1S/C27H31Cl2N5O3/c1-27(2,3)37-26(36)34-10-4-5-23(34)25(35)33-13-11-32(12-14-33)18-7-8-20(29)19(16-18)24-30-21-9-6-17(28)15-22(21)31-24/h6-9,15-16,23H,4-5,10-14H2,1-3H3,(H,30,31)/t23-/m1/s1. The van der Waals surface area contributed by atoms with Gasteiger partial charge in [0.15, 0.2) is 0 Å². The van der Waals surface area contributed by atoms with Crippen molar-refractivity contribution in [1.29, 1.82) is 0 Å². The molecular formula is C27H31Cl2N5O3. The Balaban J connectivity index is 1.26. The molecular weight excluding hydrogens is 513 g/mol. The average Bonchev–Trinajstić information content (AvgIpc) is 3.50. The van der Waals surface area contributed by atoms with Crippen molar-refractivity contribution in [2.45, 2.75) is 45.3 Å². The molecule has 0 bridgehead atoms. The molecule has 3 aromatic rings. The first-order valence-electron chi connectivity index (χ1n) is 12.6. The highest BCUT2D eigenvalue weighted by molar-refractivity contribution is 6.33. The highest BCUT2D eigenvalue weighted by atomic mass is 35.5. The van der Waals surface area contributed by atoms with Gasteiger partial charge in [0.25, 0.3) is 0 Å². The fourth-order valence-corrected chi connectivity index (χ4v) is 5.33. The number of amides is 2. The first-order chi connectivity index (χ1) is 17.6. The quantitative estimate of drug-likeness (QED) is 0.465. The van der Waals surface area contributed by atoms with Gasteiger partial charge in [0.1, 0.15) is 17.5 Å². The second-order valence-electron chi connectivity index (χ2n) is 10.6. The van der Waals surface area contributed by atoms with Crippen molar-refractivity contribution < 1.29 is 14.3 Å². The third-order valence-corrected chi connectivity index (χ3v) is 7.34. The highest BCUT2D eigenvalue weighted by Gasteiger charge is 2.39. The van der Waals surface area contributed by atoms with Crippen LogP contribution in [0.1, 0.15) is 33.6 Å². The largest absolute Gasteiger partial charge is 0.444 e. The second kappa shape index (κ2) is 10.1. The molecule has 2 saturated heterocycles. The number of piperazine rings is 1. The summed E-state index contributed by atoms with van der Waals surface area (Å²) in [4.78, 5) is 39.7. The maximum atomic E-state index is 13.3. The Kier molecular flexibility index (Phi) is 6.98. The summed E-state index contributed by atoms with van der Waals surface area (Å²) in [5.41, 5.74) is 2.90. The lowest BCUT2D eigenvalue weighted by molar-refractivity contribution is -0.136. The maximum absolute atomic E-state index is 13.3. The summed E-state index contributed by atoms with van der Waals surface area (Å²) < 4.78 is 5.53. The third-order valence-electron chi connectivity index (χ3n) is 6.77. The number of halogens is 2. The molecule has 0 aliphatic carbocycles. The summed E-state index contributed by atoms with van der Waals surface area (Å²) >= 11 is 12.7. The Morgan fingerprint density at radius 1 is 1.03 bits per heavy atom. The van der Waals surface area contributed by atoms with Crippen LogP contribution in [-0.4, -0.2) is 76.1 Å². The maximum Gasteiger partial charge on any atom is 0.410 e. The monoisotopic (exact) mass is 543 g/mol. The number of hydrogen-bond donors (Lipinski definition) is 1. The number of likely N-dealkylation sites (tertiary alicyclic amines) is 1. The average molecular weight is 544 g/mol. The van der Waals surface area contributed by atoms with Gasteiger partial charge in [-0.25, -0.2) is 9.78 Å². The predicted molar refractivity (Wildman–Crippen MR) is 146 cm³/mol. The van der Waals surface area contributed by atoms with E-state index in [-0.39, 0.29) is 5.91 Å². The summed E-state index contributed by atoms with van der Waals surface area (Å²) in [6, 6.07) is 11.0. The topological polar surface area (TPSA) is 81.8 Å². The number of aromatic nitrogens is 2. The zero-order chi connectivity index (χ0) is 26.3. The SMILES string of the molecule is CC(C)(C)OC(=O)N1CCC[C@@H]1C(=O)N1CCN(c2ccc(Cl)c(-c3nc4cc(Cl)ccc4[nH]3)c2)CC1. The number of anilines is 1. The van der Waals surface area contributed by atoms with E-state index in [1.165, 1.54) is 0 Å². The molecule has 2 aromatic carbocycles. The Labute approximate surface area is 226 Å².